The van der Waals surface area contributed by atoms with Crippen molar-refractivity contribution in [3.8, 4) is 0 Å². The summed E-state index contributed by atoms with van der Waals surface area (Å²) in [5, 5.41) is 6.39. The van der Waals surface area contributed by atoms with E-state index in [2.05, 4.69) is 36.5 Å². The lowest BCUT2D eigenvalue weighted by Gasteiger charge is -2.25. The first kappa shape index (κ1) is 20.2. The highest BCUT2D eigenvalue weighted by Crippen LogP contribution is 2.28. The third kappa shape index (κ3) is 4.67. The van der Waals surface area contributed by atoms with Crippen molar-refractivity contribution in [1.82, 2.24) is 14.3 Å². The Hall–Kier alpha value is -1.51. The third-order valence-corrected chi connectivity index (χ3v) is 7.62. The van der Waals surface area contributed by atoms with Gasteiger partial charge in [0.2, 0.25) is 10.0 Å². The van der Waals surface area contributed by atoms with Crippen LogP contribution < -0.4 is 5.32 Å². The summed E-state index contributed by atoms with van der Waals surface area (Å²) < 4.78 is 27.0. The molecule has 1 saturated heterocycles. The average Bonchev–Trinajstić information content (AvgIpc) is 3.14. The maximum atomic E-state index is 12.7. The lowest BCUT2D eigenvalue weighted by atomic mass is 9.93. The van der Waals surface area contributed by atoms with Gasteiger partial charge in [0.15, 0.2) is 0 Å². The number of nitrogens with zero attached hydrogens (tertiary/aromatic N) is 3. The molecule has 1 aliphatic rings. The Bertz CT molecular complexity index is 864. The van der Waals surface area contributed by atoms with Crippen molar-refractivity contribution in [1.29, 1.82) is 0 Å². The van der Waals surface area contributed by atoms with Crippen LogP contribution in [0.4, 0.5) is 5.82 Å². The van der Waals surface area contributed by atoms with Gasteiger partial charge in [0.05, 0.1) is 11.7 Å². The van der Waals surface area contributed by atoms with Crippen molar-refractivity contribution in [2.24, 2.45) is 0 Å². The zero-order chi connectivity index (χ0) is 19.7. The molecule has 0 bridgehead atoms. The molecule has 1 unspecified atom stereocenters. The molecule has 2 aromatic rings. The number of anilines is 1. The summed E-state index contributed by atoms with van der Waals surface area (Å²) in [6.07, 6.45) is 4.39. The zero-order valence-corrected chi connectivity index (χ0v) is 18.0. The van der Waals surface area contributed by atoms with E-state index in [1.165, 1.54) is 6.20 Å². The van der Waals surface area contributed by atoms with E-state index in [1.807, 2.05) is 6.92 Å². The fraction of sp³-hybridized carbons (Fsp3) is 0.579. The Balaban J connectivity index is 1.69. The highest BCUT2D eigenvalue weighted by atomic mass is 32.2. The maximum Gasteiger partial charge on any atom is 0.244 e. The van der Waals surface area contributed by atoms with Gasteiger partial charge in [0, 0.05) is 30.1 Å². The van der Waals surface area contributed by atoms with Crippen LogP contribution in [0.5, 0.6) is 0 Å². The van der Waals surface area contributed by atoms with Crippen molar-refractivity contribution < 1.29 is 8.42 Å². The van der Waals surface area contributed by atoms with Crippen LogP contribution in [0.25, 0.3) is 0 Å². The van der Waals surface area contributed by atoms with Gasteiger partial charge in [-0.3, -0.25) is 0 Å². The highest BCUT2D eigenvalue weighted by molar-refractivity contribution is 7.89. The van der Waals surface area contributed by atoms with E-state index in [0.29, 0.717) is 18.9 Å². The summed E-state index contributed by atoms with van der Waals surface area (Å²) >= 11 is 1.63. The lowest BCUT2D eigenvalue weighted by Crippen LogP contribution is -2.35. The molecule has 0 aliphatic carbocycles. The number of thiazole rings is 1. The predicted molar refractivity (Wildman–Crippen MR) is 110 cm³/mol. The molecule has 6 nitrogen and oxygen atoms in total. The van der Waals surface area contributed by atoms with Gasteiger partial charge >= 0.3 is 0 Å². The number of piperidine rings is 1. The summed E-state index contributed by atoms with van der Waals surface area (Å²) in [6, 6.07) is 3.36. The molecule has 1 fully saturated rings. The summed E-state index contributed by atoms with van der Waals surface area (Å²) in [5.74, 6) is 0.646. The van der Waals surface area contributed by atoms with E-state index < -0.39 is 10.0 Å². The van der Waals surface area contributed by atoms with Gasteiger partial charge in [-0.1, -0.05) is 27.2 Å². The van der Waals surface area contributed by atoms with Gasteiger partial charge in [-0.05, 0) is 31.9 Å². The summed E-state index contributed by atoms with van der Waals surface area (Å²) in [6.45, 7) is 9.66. The van der Waals surface area contributed by atoms with Crippen LogP contribution in [0, 0.1) is 0 Å². The topological polar surface area (TPSA) is 75.2 Å². The largest absolute Gasteiger partial charge is 0.361 e. The summed E-state index contributed by atoms with van der Waals surface area (Å²) in [4.78, 5) is 9.30. The standard InChI is InChI=1S/C19H28N4O2S2/c1-14(18-22-16(13-26-18)19(2,3)4)21-17-9-8-15(12-20-17)27(24,25)23-10-6-5-7-11-23/h8-9,12-14H,5-7,10-11H2,1-4H3,(H,20,21). The van der Waals surface area contributed by atoms with Crippen molar-refractivity contribution in [3.05, 3.63) is 34.4 Å². The molecule has 27 heavy (non-hydrogen) atoms. The molecule has 0 radical (unpaired) electrons. The van der Waals surface area contributed by atoms with Crippen molar-refractivity contribution in [2.75, 3.05) is 18.4 Å². The first-order chi connectivity index (χ1) is 12.7. The number of rotatable bonds is 5. The third-order valence-electron chi connectivity index (χ3n) is 4.71. The molecule has 2 aromatic heterocycles. The van der Waals surface area contributed by atoms with E-state index in [4.69, 9.17) is 4.98 Å². The molecule has 1 atom stereocenters. The molecule has 0 saturated carbocycles. The quantitative estimate of drug-likeness (QED) is 0.803. The van der Waals surface area contributed by atoms with Gasteiger partial charge in [-0.25, -0.2) is 18.4 Å². The molecule has 1 N–H and O–H groups in total. The van der Waals surface area contributed by atoms with Crippen LogP contribution in [-0.2, 0) is 15.4 Å². The minimum atomic E-state index is -3.44. The molecule has 3 heterocycles. The van der Waals surface area contributed by atoms with Crippen LogP contribution in [0.1, 0.15) is 63.7 Å². The van der Waals surface area contributed by atoms with Crippen LogP contribution >= 0.6 is 11.3 Å². The fourth-order valence-electron chi connectivity index (χ4n) is 2.99. The van der Waals surface area contributed by atoms with Gasteiger partial charge in [0.1, 0.15) is 15.7 Å². The number of aromatic nitrogens is 2. The SMILES string of the molecule is CC(Nc1ccc(S(=O)(=O)N2CCCCC2)cn1)c1nc(C(C)(C)C)cs1. The molecule has 8 heteroatoms. The van der Waals surface area contributed by atoms with Crippen LogP contribution in [0.2, 0.25) is 0 Å². The second kappa shape index (κ2) is 7.85. The maximum absolute atomic E-state index is 12.7. The Morgan fingerprint density at radius 1 is 1.19 bits per heavy atom. The highest BCUT2D eigenvalue weighted by Gasteiger charge is 2.26. The fourth-order valence-corrected chi connectivity index (χ4v) is 5.50. The minimum absolute atomic E-state index is 0.00292. The Kier molecular flexibility index (Phi) is 5.88. The summed E-state index contributed by atoms with van der Waals surface area (Å²) in [5.41, 5.74) is 1.10. The van der Waals surface area contributed by atoms with Gasteiger partial charge in [-0.2, -0.15) is 4.31 Å². The Labute approximate surface area is 166 Å². The van der Waals surface area contributed by atoms with Crippen molar-refractivity contribution >= 4 is 27.2 Å². The predicted octanol–water partition coefficient (Wildman–Crippen LogP) is 4.18. The molecule has 1 aliphatic heterocycles. The molecular formula is C19H28N4O2S2. The number of hydrogen-bond acceptors (Lipinski definition) is 6. The smallest absolute Gasteiger partial charge is 0.244 e. The minimum Gasteiger partial charge on any atom is -0.361 e. The average molecular weight is 409 g/mol. The van der Waals surface area contributed by atoms with E-state index >= 15 is 0 Å². The normalized spacial score (nSPS) is 17.6. The van der Waals surface area contributed by atoms with Gasteiger partial charge in [0.25, 0.3) is 0 Å². The van der Waals surface area contributed by atoms with Crippen LogP contribution in [0.3, 0.4) is 0 Å². The lowest BCUT2D eigenvalue weighted by molar-refractivity contribution is 0.346. The molecule has 0 amide bonds. The molecule has 0 aromatic carbocycles. The van der Waals surface area contributed by atoms with E-state index in [-0.39, 0.29) is 16.4 Å². The first-order valence-corrected chi connectivity index (χ1v) is 11.7. The van der Waals surface area contributed by atoms with Crippen molar-refractivity contribution in [2.45, 2.75) is 63.3 Å². The molecule has 3 rings (SSSR count). The Morgan fingerprint density at radius 3 is 2.44 bits per heavy atom. The Morgan fingerprint density at radius 2 is 1.89 bits per heavy atom. The molecular weight excluding hydrogens is 380 g/mol. The van der Waals surface area contributed by atoms with Crippen molar-refractivity contribution in [3.63, 3.8) is 0 Å². The van der Waals surface area contributed by atoms with Crippen LogP contribution in [-0.4, -0.2) is 35.8 Å². The van der Waals surface area contributed by atoms with E-state index in [0.717, 1.165) is 30.0 Å². The molecule has 0 spiro atoms. The van der Waals surface area contributed by atoms with Crippen LogP contribution in [0.15, 0.2) is 28.6 Å². The molecule has 148 valence electrons. The van der Waals surface area contributed by atoms with E-state index in [1.54, 1.807) is 27.8 Å². The summed E-state index contributed by atoms with van der Waals surface area (Å²) in [7, 11) is -3.44. The number of sulfonamides is 1. The van der Waals surface area contributed by atoms with Gasteiger partial charge < -0.3 is 5.32 Å². The monoisotopic (exact) mass is 408 g/mol. The number of hydrogen-bond donors (Lipinski definition) is 1. The van der Waals surface area contributed by atoms with E-state index in [9.17, 15) is 8.42 Å². The zero-order valence-electron chi connectivity index (χ0n) is 16.4. The van der Waals surface area contributed by atoms with Gasteiger partial charge in [-0.15, -0.1) is 11.3 Å². The number of pyridine rings is 1. The second-order valence-electron chi connectivity index (χ2n) is 8.03. The number of nitrogens with one attached hydrogen (secondary N) is 1. The first-order valence-electron chi connectivity index (χ1n) is 9.36. The second-order valence-corrected chi connectivity index (χ2v) is 10.9.